The molecule has 0 saturated carbocycles. The Kier molecular flexibility index (Phi) is 6.72. The Hall–Kier alpha value is -2.57. The van der Waals surface area contributed by atoms with Crippen LogP contribution in [0.25, 0.3) is 0 Å². The van der Waals surface area contributed by atoms with Gasteiger partial charge in [-0.2, -0.15) is 0 Å². The molecule has 0 spiro atoms. The molecule has 0 unspecified atom stereocenters. The molecule has 0 bridgehead atoms. The number of hydrogen-bond acceptors (Lipinski definition) is 8. The summed E-state index contributed by atoms with van der Waals surface area (Å²) in [5.74, 6) is -1.71. The zero-order valence-electron chi connectivity index (χ0n) is 17.5. The summed E-state index contributed by atoms with van der Waals surface area (Å²) in [6.07, 6.45) is -0.315. The Labute approximate surface area is 193 Å². The molecule has 1 aromatic rings. The van der Waals surface area contributed by atoms with Crippen molar-refractivity contribution in [1.29, 1.82) is 0 Å². The number of rotatable bonds is 6. The Bertz CT molecular complexity index is 942. The van der Waals surface area contributed by atoms with E-state index in [2.05, 4.69) is 10.2 Å². The van der Waals surface area contributed by atoms with Gasteiger partial charge in [-0.1, -0.05) is 6.07 Å². The maximum absolute atomic E-state index is 12.7. The zero-order chi connectivity index (χ0) is 22.8. The van der Waals surface area contributed by atoms with Crippen molar-refractivity contribution in [3.05, 3.63) is 33.7 Å². The molecule has 0 aromatic carbocycles. The Morgan fingerprint density at radius 3 is 2.66 bits per heavy atom. The zero-order valence-corrected chi connectivity index (χ0v) is 19.1. The fourth-order valence-electron chi connectivity index (χ4n) is 3.82. The topological polar surface area (TPSA) is 119 Å². The first kappa shape index (κ1) is 22.6. The van der Waals surface area contributed by atoms with Crippen LogP contribution >= 0.6 is 23.1 Å². The molecule has 172 valence electrons. The van der Waals surface area contributed by atoms with Gasteiger partial charge in [0, 0.05) is 42.4 Å². The molecule has 10 nitrogen and oxygen atoms in total. The maximum atomic E-state index is 12.7. The van der Waals surface area contributed by atoms with E-state index in [0.717, 1.165) is 18.0 Å². The Morgan fingerprint density at radius 2 is 2.00 bits per heavy atom. The van der Waals surface area contributed by atoms with E-state index >= 15 is 0 Å². The number of hydrogen-bond donors (Lipinski definition) is 2. The molecule has 4 heterocycles. The van der Waals surface area contributed by atoms with Crippen LogP contribution in [0, 0.1) is 0 Å². The fraction of sp³-hybridized carbons (Fsp3) is 0.500. The van der Waals surface area contributed by atoms with Crippen LogP contribution in [0.1, 0.15) is 4.88 Å². The smallest absolute Gasteiger partial charge is 0.410 e. The third-order valence-corrected chi connectivity index (χ3v) is 7.83. The van der Waals surface area contributed by atoms with Gasteiger partial charge in [0.1, 0.15) is 23.7 Å². The van der Waals surface area contributed by atoms with Crippen molar-refractivity contribution in [2.45, 2.75) is 17.8 Å². The van der Waals surface area contributed by atoms with Crippen LogP contribution in [-0.4, -0.2) is 101 Å². The highest BCUT2D eigenvalue weighted by molar-refractivity contribution is 8.00. The summed E-state index contributed by atoms with van der Waals surface area (Å²) in [7, 11) is 1.98. The van der Waals surface area contributed by atoms with Gasteiger partial charge in [-0.3, -0.25) is 14.5 Å². The molecule has 3 aliphatic heterocycles. The number of piperazine rings is 1. The lowest BCUT2D eigenvalue weighted by Gasteiger charge is -2.49. The van der Waals surface area contributed by atoms with E-state index in [0.29, 0.717) is 24.4 Å². The number of carboxylic acids is 1. The number of carbonyl (C=O) groups excluding carboxylic acids is 3. The summed E-state index contributed by atoms with van der Waals surface area (Å²) in [5.41, 5.74) is 0.214. The summed E-state index contributed by atoms with van der Waals surface area (Å²) in [5, 5.41) is 13.8. The van der Waals surface area contributed by atoms with Gasteiger partial charge >= 0.3 is 12.1 Å². The highest BCUT2D eigenvalue weighted by Crippen LogP contribution is 2.40. The lowest BCUT2D eigenvalue weighted by atomic mass is 10.0. The number of nitrogens with zero attached hydrogens (tertiary/aromatic N) is 3. The second kappa shape index (κ2) is 9.51. The van der Waals surface area contributed by atoms with Gasteiger partial charge < -0.3 is 25.0 Å². The van der Waals surface area contributed by atoms with Crippen LogP contribution < -0.4 is 5.32 Å². The van der Waals surface area contributed by atoms with Gasteiger partial charge in [0.2, 0.25) is 5.91 Å². The number of amides is 3. The average Bonchev–Trinajstić information content (AvgIpc) is 3.28. The van der Waals surface area contributed by atoms with Crippen LogP contribution in [0.3, 0.4) is 0 Å². The molecule has 4 rings (SSSR count). The number of aliphatic carboxylic acids is 1. The number of carboxylic acid groups (broad SMARTS) is 1. The molecule has 2 saturated heterocycles. The molecule has 0 radical (unpaired) electrons. The number of ether oxygens (including phenoxy) is 1. The van der Waals surface area contributed by atoms with E-state index in [1.807, 2.05) is 24.6 Å². The molecule has 2 N–H and O–H groups in total. The number of β-lactam (4-membered cyclic amide) rings is 1. The molecule has 3 aliphatic rings. The molecule has 3 amide bonds. The highest BCUT2D eigenvalue weighted by atomic mass is 32.2. The van der Waals surface area contributed by atoms with Crippen LogP contribution in [0.2, 0.25) is 0 Å². The third-order valence-electron chi connectivity index (χ3n) is 5.61. The van der Waals surface area contributed by atoms with Crippen molar-refractivity contribution in [2.75, 3.05) is 45.6 Å². The van der Waals surface area contributed by atoms with E-state index in [1.165, 1.54) is 28.0 Å². The summed E-state index contributed by atoms with van der Waals surface area (Å²) < 4.78 is 5.36. The number of fused-ring (bicyclic) bond motifs is 1. The van der Waals surface area contributed by atoms with Gasteiger partial charge in [0.15, 0.2) is 0 Å². The standard InChI is InChI=1S/C20H24N4O6S2/c1-22-4-6-23(7-5-22)20(29)30-10-12-11-32-18-15(17(26)24(18)16(12)19(27)28)21-14(25)9-13-3-2-8-31-13/h2-3,8,15,18H,4-7,9-11H2,1H3,(H,21,25)(H,27,28)/t15-,18-/m1/s1. The highest BCUT2D eigenvalue weighted by Gasteiger charge is 2.54. The molecule has 0 aliphatic carbocycles. The van der Waals surface area contributed by atoms with Gasteiger partial charge in [0.25, 0.3) is 5.91 Å². The molecule has 1 aromatic heterocycles. The van der Waals surface area contributed by atoms with Crippen LogP contribution in [-0.2, 0) is 25.5 Å². The lowest BCUT2D eigenvalue weighted by Crippen LogP contribution is -2.70. The predicted octanol–water partition coefficient (Wildman–Crippen LogP) is 0.413. The predicted molar refractivity (Wildman–Crippen MR) is 118 cm³/mol. The first-order valence-electron chi connectivity index (χ1n) is 10.2. The monoisotopic (exact) mass is 480 g/mol. The molecular weight excluding hydrogens is 456 g/mol. The Morgan fingerprint density at radius 1 is 1.25 bits per heavy atom. The van der Waals surface area contributed by atoms with E-state index < -0.39 is 29.4 Å². The second-order valence-corrected chi connectivity index (χ2v) is 9.95. The molecule has 32 heavy (non-hydrogen) atoms. The Balaban J connectivity index is 1.37. The number of nitrogens with one attached hydrogen (secondary N) is 1. The quantitative estimate of drug-likeness (QED) is 0.562. The van der Waals surface area contributed by atoms with E-state index in [9.17, 15) is 24.3 Å². The largest absolute Gasteiger partial charge is 0.477 e. The van der Waals surface area contributed by atoms with Gasteiger partial charge in [-0.25, -0.2) is 9.59 Å². The molecular formula is C20H24N4O6S2. The van der Waals surface area contributed by atoms with Crippen LogP contribution in [0.15, 0.2) is 28.8 Å². The number of thiophene rings is 1. The number of carbonyl (C=O) groups is 4. The number of likely N-dealkylation sites (N-methyl/N-ethyl adjacent to an activating group) is 1. The lowest BCUT2D eigenvalue weighted by molar-refractivity contribution is -0.150. The average molecular weight is 481 g/mol. The van der Waals surface area contributed by atoms with Crippen molar-refractivity contribution in [1.82, 2.24) is 20.0 Å². The minimum absolute atomic E-state index is 0.159. The fourth-order valence-corrected chi connectivity index (χ4v) is 5.85. The van der Waals surface area contributed by atoms with Crippen molar-refractivity contribution in [3.63, 3.8) is 0 Å². The van der Waals surface area contributed by atoms with Crippen molar-refractivity contribution >= 4 is 47.0 Å². The summed E-state index contributed by atoms with van der Waals surface area (Å²) in [4.78, 5) is 55.0. The molecule has 2 fully saturated rings. The van der Waals surface area contributed by atoms with E-state index in [-0.39, 0.29) is 24.6 Å². The van der Waals surface area contributed by atoms with Crippen LogP contribution in [0.5, 0.6) is 0 Å². The van der Waals surface area contributed by atoms with Gasteiger partial charge in [0.05, 0.1) is 6.42 Å². The molecule has 2 atom stereocenters. The maximum Gasteiger partial charge on any atom is 0.410 e. The normalized spacial score (nSPS) is 23.5. The summed E-state index contributed by atoms with van der Waals surface area (Å²) in [6.45, 7) is 2.41. The first-order chi connectivity index (χ1) is 15.3. The van der Waals surface area contributed by atoms with Crippen LogP contribution in [0.4, 0.5) is 4.79 Å². The first-order valence-corrected chi connectivity index (χ1v) is 12.1. The van der Waals surface area contributed by atoms with E-state index in [4.69, 9.17) is 4.74 Å². The van der Waals surface area contributed by atoms with Gasteiger partial charge in [-0.15, -0.1) is 23.1 Å². The summed E-state index contributed by atoms with van der Waals surface area (Å²) in [6, 6.07) is 2.93. The van der Waals surface area contributed by atoms with E-state index in [1.54, 1.807) is 4.90 Å². The van der Waals surface area contributed by atoms with Crippen molar-refractivity contribution < 1.29 is 29.0 Å². The second-order valence-electron chi connectivity index (χ2n) is 7.81. The van der Waals surface area contributed by atoms with Crippen molar-refractivity contribution in [3.8, 4) is 0 Å². The number of thioether (sulfide) groups is 1. The van der Waals surface area contributed by atoms with Crippen molar-refractivity contribution in [2.24, 2.45) is 0 Å². The molecule has 12 heteroatoms. The summed E-state index contributed by atoms with van der Waals surface area (Å²) >= 11 is 2.81. The minimum atomic E-state index is -1.25. The third kappa shape index (κ3) is 4.62. The SMILES string of the molecule is CN1CCN(C(=O)OCC2=C(C(=O)O)N3C(=O)[C@@H](NC(=O)Cc4cccs4)[C@H]3SC2)CC1. The van der Waals surface area contributed by atoms with Gasteiger partial charge in [-0.05, 0) is 18.5 Å². The minimum Gasteiger partial charge on any atom is -0.477 e.